The molecule has 12 heteroatoms. The van der Waals surface area contributed by atoms with Crippen molar-refractivity contribution in [3.63, 3.8) is 0 Å². The SMILES string of the molecule is CN1Cc2c(n(-c3ccc(NC(=O)NS(=O)(=O)c4ccc(F)s4)cn3)c(=O)c3ccccc23)C1. The molecule has 0 spiro atoms. The lowest BCUT2D eigenvalue weighted by atomic mass is 10.1. The van der Waals surface area contributed by atoms with E-state index in [0.717, 1.165) is 28.8 Å². The van der Waals surface area contributed by atoms with Gasteiger partial charge in [-0.05, 0) is 48.3 Å². The Morgan fingerprint density at radius 2 is 1.85 bits per heavy atom. The molecule has 1 aliphatic heterocycles. The van der Waals surface area contributed by atoms with Crippen LogP contribution in [-0.4, -0.2) is 35.9 Å². The second-order valence-corrected chi connectivity index (χ2v) is 10.8. The van der Waals surface area contributed by atoms with E-state index >= 15 is 0 Å². The van der Waals surface area contributed by atoms with Gasteiger partial charge in [-0.15, -0.1) is 0 Å². The van der Waals surface area contributed by atoms with E-state index in [1.165, 1.54) is 12.3 Å². The number of carbonyl (C=O) groups excluding carboxylic acids is 1. The number of carbonyl (C=O) groups is 1. The molecule has 0 radical (unpaired) electrons. The Morgan fingerprint density at radius 3 is 2.53 bits per heavy atom. The van der Waals surface area contributed by atoms with Gasteiger partial charge in [-0.3, -0.25) is 14.3 Å². The van der Waals surface area contributed by atoms with Crippen LogP contribution in [0.2, 0.25) is 0 Å². The number of hydrogen-bond acceptors (Lipinski definition) is 7. The molecule has 5 rings (SSSR count). The van der Waals surface area contributed by atoms with Gasteiger partial charge in [0.25, 0.3) is 15.6 Å². The van der Waals surface area contributed by atoms with Crippen molar-refractivity contribution in [3.05, 3.63) is 81.5 Å². The van der Waals surface area contributed by atoms with E-state index in [2.05, 4.69) is 15.2 Å². The second kappa shape index (κ2) is 8.31. The molecule has 9 nitrogen and oxygen atoms in total. The number of halogens is 1. The molecule has 0 saturated carbocycles. The van der Waals surface area contributed by atoms with Gasteiger partial charge in [-0.2, -0.15) is 4.39 Å². The molecule has 1 aromatic carbocycles. The van der Waals surface area contributed by atoms with Crippen molar-refractivity contribution in [1.82, 2.24) is 19.2 Å². The zero-order valence-electron chi connectivity index (χ0n) is 17.8. The summed E-state index contributed by atoms with van der Waals surface area (Å²) in [7, 11) is -2.23. The number of benzene rings is 1. The van der Waals surface area contributed by atoms with Crippen molar-refractivity contribution in [2.45, 2.75) is 17.3 Å². The largest absolute Gasteiger partial charge is 0.333 e. The Balaban J connectivity index is 1.42. The van der Waals surface area contributed by atoms with Crippen LogP contribution >= 0.6 is 11.3 Å². The number of rotatable bonds is 4. The predicted octanol–water partition coefficient (Wildman–Crippen LogP) is 3.04. The molecule has 2 amide bonds. The lowest BCUT2D eigenvalue weighted by molar-refractivity contribution is 0.256. The van der Waals surface area contributed by atoms with Gasteiger partial charge in [-0.1, -0.05) is 29.5 Å². The van der Waals surface area contributed by atoms with Crippen LogP contribution in [-0.2, 0) is 23.1 Å². The van der Waals surface area contributed by atoms with Crippen molar-refractivity contribution < 1.29 is 17.6 Å². The number of sulfonamides is 1. The van der Waals surface area contributed by atoms with E-state index in [-0.39, 0.29) is 15.5 Å². The molecular formula is C22H18FN5O4S2. The molecular weight excluding hydrogens is 481 g/mol. The summed E-state index contributed by atoms with van der Waals surface area (Å²) in [6, 6.07) is 11.6. The fourth-order valence-corrected chi connectivity index (χ4v) is 5.91. The molecule has 0 bridgehead atoms. The van der Waals surface area contributed by atoms with Gasteiger partial charge in [0.05, 0.1) is 11.9 Å². The first-order valence-corrected chi connectivity index (χ1v) is 12.4. The summed E-state index contributed by atoms with van der Waals surface area (Å²) < 4.78 is 40.6. The third kappa shape index (κ3) is 3.95. The van der Waals surface area contributed by atoms with Crippen LogP contribution in [0, 0.1) is 5.13 Å². The summed E-state index contributed by atoms with van der Waals surface area (Å²) in [4.78, 5) is 31.9. The lowest BCUT2D eigenvalue weighted by Crippen LogP contribution is -2.34. The molecule has 4 aromatic rings. The van der Waals surface area contributed by atoms with Gasteiger partial charge >= 0.3 is 6.03 Å². The molecule has 34 heavy (non-hydrogen) atoms. The molecule has 0 fully saturated rings. The summed E-state index contributed by atoms with van der Waals surface area (Å²) >= 11 is 0.409. The van der Waals surface area contributed by atoms with Crippen LogP contribution in [0.1, 0.15) is 11.3 Å². The third-order valence-electron chi connectivity index (χ3n) is 5.43. The van der Waals surface area contributed by atoms with E-state index in [9.17, 15) is 22.4 Å². The Bertz CT molecular complexity index is 1600. The van der Waals surface area contributed by atoms with Gasteiger partial charge < -0.3 is 5.32 Å². The minimum absolute atomic E-state index is 0.190. The van der Waals surface area contributed by atoms with Crippen molar-refractivity contribution in [2.24, 2.45) is 0 Å². The van der Waals surface area contributed by atoms with Crippen molar-refractivity contribution in [3.8, 4) is 5.82 Å². The highest BCUT2D eigenvalue weighted by atomic mass is 32.2. The fourth-order valence-electron chi connectivity index (χ4n) is 4.00. The number of hydrogen-bond donors (Lipinski definition) is 2. The quantitative estimate of drug-likeness (QED) is 0.446. The molecule has 4 heterocycles. The van der Waals surface area contributed by atoms with Gasteiger partial charge in [0, 0.05) is 24.2 Å². The van der Waals surface area contributed by atoms with Crippen LogP contribution in [0.25, 0.3) is 16.6 Å². The fraction of sp³-hybridized carbons (Fsp3) is 0.136. The maximum Gasteiger partial charge on any atom is 0.333 e. The maximum atomic E-state index is 13.3. The Morgan fingerprint density at radius 1 is 1.09 bits per heavy atom. The number of aromatic nitrogens is 2. The predicted molar refractivity (Wildman–Crippen MR) is 126 cm³/mol. The first kappa shape index (κ1) is 22.2. The molecule has 3 aromatic heterocycles. The number of anilines is 1. The Hall–Kier alpha value is -3.61. The standard InChI is InChI=1S/C22H18FN5O4S2/c1-27-11-16-14-4-2-3-5-15(14)21(29)28(17(16)12-27)19-8-6-13(10-24-19)25-22(30)26-34(31,32)20-9-7-18(23)33-20/h2-10H,11-12H2,1H3,(H2,25,26,30). The van der Waals surface area contributed by atoms with E-state index in [0.29, 0.717) is 35.6 Å². The van der Waals surface area contributed by atoms with E-state index in [1.807, 2.05) is 30.0 Å². The average Bonchev–Trinajstić information content (AvgIpc) is 3.41. The Kier molecular flexibility index (Phi) is 5.42. The van der Waals surface area contributed by atoms with Crippen LogP contribution in [0.5, 0.6) is 0 Å². The summed E-state index contributed by atoms with van der Waals surface area (Å²) in [5, 5.41) is 3.22. The van der Waals surface area contributed by atoms with Crippen LogP contribution < -0.4 is 15.6 Å². The molecule has 174 valence electrons. The van der Waals surface area contributed by atoms with Crippen molar-refractivity contribution in [1.29, 1.82) is 0 Å². The van der Waals surface area contributed by atoms with Crippen LogP contribution in [0.4, 0.5) is 14.9 Å². The van der Waals surface area contributed by atoms with Gasteiger partial charge in [0.1, 0.15) is 10.0 Å². The monoisotopic (exact) mass is 499 g/mol. The van der Waals surface area contributed by atoms with E-state index in [4.69, 9.17) is 0 Å². The zero-order chi connectivity index (χ0) is 24.0. The normalized spacial score (nSPS) is 13.7. The second-order valence-electron chi connectivity index (χ2n) is 7.81. The lowest BCUT2D eigenvalue weighted by Gasteiger charge is -2.14. The zero-order valence-corrected chi connectivity index (χ0v) is 19.4. The molecule has 1 aliphatic rings. The number of amides is 2. The topological polar surface area (TPSA) is 113 Å². The summed E-state index contributed by atoms with van der Waals surface area (Å²) in [6.45, 7) is 1.29. The van der Waals surface area contributed by atoms with Crippen LogP contribution in [0.3, 0.4) is 0 Å². The first-order valence-electron chi connectivity index (χ1n) is 10.1. The number of thiophene rings is 1. The maximum absolute atomic E-state index is 13.3. The molecule has 0 unspecified atom stereocenters. The molecule has 0 atom stereocenters. The van der Waals surface area contributed by atoms with Crippen molar-refractivity contribution in [2.75, 3.05) is 12.4 Å². The summed E-state index contributed by atoms with van der Waals surface area (Å²) in [5.74, 6) is 0.384. The number of fused-ring (bicyclic) bond motifs is 3. The first-order chi connectivity index (χ1) is 16.2. The number of nitrogens with one attached hydrogen (secondary N) is 2. The number of pyridine rings is 2. The Labute approximate surface area is 197 Å². The smallest absolute Gasteiger partial charge is 0.306 e. The van der Waals surface area contributed by atoms with Crippen LogP contribution in [0.15, 0.2) is 63.7 Å². The summed E-state index contributed by atoms with van der Waals surface area (Å²) in [5.41, 5.74) is 1.95. The molecule has 2 N–H and O–H groups in total. The third-order valence-corrected chi connectivity index (χ3v) is 8.12. The van der Waals surface area contributed by atoms with E-state index < -0.39 is 21.2 Å². The highest BCUT2D eigenvalue weighted by Crippen LogP contribution is 2.29. The number of nitrogens with zero attached hydrogens (tertiary/aromatic N) is 3. The van der Waals surface area contributed by atoms with Gasteiger partial charge in [0.2, 0.25) is 0 Å². The minimum atomic E-state index is -4.20. The average molecular weight is 500 g/mol. The van der Waals surface area contributed by atoms with Gasteiger partial charge in [-0.25, -0.2) is 22.9 Å². The summed E-state index contributed by atoms with van der Waals surface area (Å²) in [6.07, 6.45) is 1.33. The minimum Gasteiger partial charge on any atom is -0.306 e. The van der Waals surface area contributed by atoms with E-state index in [1.54, 1.807) is 16.7 Å². The van der Waals surface area contributed by atoms with Gasteiger partial charge in [0.15, 0.2) is 5.13 Å². The highest BCUT2D eigenvalue weighted by molar-refractivity contribution is 7.92. The van der Waals surface area contributed by atoms with Crippen molar-refractivity contribution >= 4 is 43.9 Å². The molecule has 0 aliphatic carbocycles. The highest BCUT2D eigenvalue weighted by Gasteiger charge is 2.25. The molecule has 0 saturated heterocycles. The number of urea groups is 1.